The first-order valence-corrected chi connectivity index (χ1v) is 10.5. The molecule has 0 fully saturated rings. The van der Waals surface area contributed by atoms with Crippen LogP contribution in [0.4, 0.5) is 5.69 Å². The number of sulfonamides is 1. The number of aromatic nitrogens is 2. The summed E-state index contributed by atoms with van der Waals surface area (Å²) < 4.78 is 25.9. The molecule has 4 rings (SSSR count). The molecule has 0 aliphatic carbocycles. The van der Waals surface area contributed by atoms with Gasteiger partial charge in [-0.15, -0.1) is 0 Å². The van der Waals surface area contributed by atoms with Gasteiger partial charge in [-0.05, 0) is 55.0 Å². The van der Waals surface area contributed by atoms with Gasteiger partial charge >= 0.3 is 5.69 Å². The number of carbonyl (C=O) groups excluding carboxylic acids is 1. The smallest absolute Gasteiger partial charge is 0.295 e. The topological polar surface area (TPSA) is 120 Å². The molecule has 154 valence electrons. The summed E-state index contributed by atoms with van der Waals surface area (Å²) in [5.74, 6) is -0.335. The van der Waals surface area contributed by atoms with Crippen molar-refractivity contribution in [3.63, 3.8) is 0 Å². The molecule has 3 aromatic rings. The molecule has 1 aliphatic rings. The maximum atomic E-state index is 12.9. The number of anilines is 1. The van der Waals surface area contributed by atoms with Crippen molar-refractivity contribution >= 4 is 44.4 Å². The minimum Gasteiger partial charge on any atom is -0.295 e. The third-order valence-corrected chi connectivity index (χ3v) is 6.01. The number of hydrogen-bond donors (Lipinski definition) is 1. The van der Waals surface area contributed by atoms with Crippen LogP contribution in [0, 0.1) is 0 Å². The fraction of sp³-hybridized carbons (Fsp3) is 0.150. The van der Waals surface area contributed by atoms with Crippen LogP contribution in [0.1, 0.15) is 12.5 Å². The van der Waals surface area contributed by atoms with Crippen molar-refractivity contribution in [2.75, 3.05) is 5.01 Å². The van der Waals surface area contributed by atoms with E-state index in [2.05, 4.69) is 5.10 Å². The molecular formula is C20H19N5O4S. The first kappa shape index (κ1) is 19.8. The van der Waals surface area contributed by atoms with Crippen LogP contribution in [-0.2, 0) is 28.9 Å². The summed E-state index contributed by atoms with van der Waals surface area (Å²) in [5, 5.41) is 10.6. The van der Waals surface area contributed by atoms with Gasteiger partial charge < -0.3 is 0 Å². The van der Waals surface area contributed by atoms with E-state index in [0.717, 1.165) is 16.6 Å². The van der Waals surface area contributed by atoms with Crippen LogP contribution in [0.2, 0.25) is 0 Å². The molecule has 2 heterocycles. The Morgan fingerprint density at radius 1 is 0.967 bits per heavy atom. The summed E-state index contributed by atoms with van der Waals surface area (Å²) in [6.45, 7) is 1.72. The summed E-state index contributed by atoms with van der Waals surface area (Å²) in [6.07, 6.45) is 1.72. The molecule has 9 nitrogen and oxygen atoms in total. The molecular weight excluding hydrogens is 406 g/mol. The molecule has 0 radical (unpaired) electrons. The van der Waals surface area contributed by atoms with E-state index >= 15 is 0 Å². The lowest BCUT2D eigenvalue weighted by Gasteiger charge is -2.12. The number of nitrogens with zero attached hydrogens (tertiary/aromatic N) is 4. The lowest BCUT2D eigenvalue weighted by molar-refractivity contribution is -0.114. The quantitative estimate of drug-likeness (QED) is 0.637. The third kappa shape index (κ3) is 3.15. The van der Waals surface area contributed by atoms with Crippen LogP contribution >= 0.6 is 0 Å². The van der Waals surface area contributed by atoms with Gasteiger partial charge in [0.15, 0.2) is 0 Å². The van der Waals surface area contributed by atoms with Crippen molar-refractivity contribution in [2.45, 2.75) is 11.8 Å². The second-order valence-corrected chi connectivity index (χ2v) is 8.61. The van der Waals surface area contributed by atoms with Crippen molar-refractivity contribution in [1.82, 2.24) is 9.13 Å². The van der Waals surface area contributed by atoms with Crippen LogP contribution in [0.3, 0.4) is 0 Å². The fourth-order valence-electron chi connectivity index (χ4n) is 3.42. The molecule has 1 aliphatic heterocycles. The van der Waals surface area contributed by atoms with Gasteiger partial charge in [0, 0.05) is 14.1 Å². The molecule has 10 heteroatoms. The van der Waals surface area contributed by atoms with Crippen LogP contribution in [0.5, 0.6) is 0 Å². The van der Waals surface area contributed by atoms with E-state index in [1.165, 1.54) is 29.3 Å². The number of imidazole rings is 1. The SMILES string of the molecule is CC1=NN(c2ccc(S(N)(=O)=O)cc2)C(=O)/C1=C\c1ccc2c(c1)n(C)c(=O)n2C. The highest BCUT2D eigenvalue weighted by atomic mass is 32.2. The van der Waals surface area contributed by atoms with Gasteiger partial charge in [0.25, 0.3) is 5.91 Å². The van der Waals surface area contributed by atoms with Crippen molar-refractivity contribution in [3.8, 4) is 0 Å². The van der Waals surface area contributed by atoms with E-state index < -0.39 is 10.0 Å². The summed E-state index contributed by atoms with van der Waals surface area (Å²) in [7, 11) is -0.414. The van der Waals surface area contributed by atoms with E-state index in [9.17, 15) is 18.0 Å². The average molecular weight is 425 g/mol. The number of benzene rings is 2. The van der Waals surface area contributed by atoms with Crippen molar-refractivity contribution in [3.05, 3.63) is 64.1 Å². The Morgan fingerprint density at radius 3 is 2.23 bits per heavy atom. The van der Waals surface area contributed by atoms with Gasteiger partial charge in [-0.25, -0.2) is 18.4 Å². The van der Waals surface area contributed by atoms with Crippen LogP contribution < -0.4 is 15.8 Å². The summed E-state index contributed by atoms with van der Waals surface area (Å²) in [6, 6.07) is 11.1. The Morgan fingerprint density at radius 2 is 1.60 bits per heavy atom. The molecule has 30 heavy (non-hydrogen) atoms. The van der Waals surface area contributed by atoms with E-state index in [1.807, 2.05) is 18.2 Å². The number of hydrazone groups is 1. The number of primary sulfonamides is 1. The molecule has 0 bridgehead atoms. The van der Waals surface area contributed by atoms with E-state index in [1.54, 1.807) is 36.2 Å². The predicted octanol–water partition coefficient (Wildman–Crippen LogP) is 1.33. The number of fused-ring (bicyclic) bond motifs is 1. The van der Waals surface area contributed by atoms with Crippen LogP contribution in [0.25, 0.3) is 17.1 Å². The van der Waals surface area contributed by atoms with E-state index in [-0.39, 0.29) is 16.5 Å². The monoisotopic (exact) mass is 425 g/mol. The first-order chi connectivity index (χ1) is 14.1. The fourth-order valence-corrected chi connectivity index (χ4v) is 3.93. The van der Waals surface area contributed by atoms with Crippen molar-refractivity contribution in [2.24, 2.45) is 24.3 Å². The maximum Gasteiger partial charge on any atom is 0.328 e. The molecule has 2 aromatic carbocycles. The zero-order chi connectivity index (χ0) is 21.8. The molecule has 1 aromatic heterocycles. The maximum absolute atomic E-state index is 12.9. The first-order valence-electron chi connectivity index (χ1n) is 8.98. The molecule has 0 unspecified atom stereocenters. The Bertz CT molecular complexity index is 1430. The number of carbonyl (C=O) groups is 1. The minimum absolute atomic E-state index is 0.0452. The van der Waals surface area contributed by atoms with Crippen LogP contribution in [0.15, 0.2) is 62.8 Å². The Balaban J connectivity index is 1.70. The predicted molar refractivity (Wildman–Crippen MR) is 115 cm³/mol. The number of rotatable bonds is 3. The van der Waals surface area contributed by atoms with Gasteiger partial charge in [0.1, 0.15) is 0 Å². The number of nitrogens with two attached hydrogens (primary N) is 1. The largest absolute Gasteiger partial charge is 0.328 e. The highest BCUT2D eigenvalue weighted by Gasteiger charge is 2.29. The Kier molecular flexibility index (Phi) is 4.48. The molecule has 0 atom stereocenters. The third-order valence-electron chi connectivity index (χ3n) is 5.08. The van der Waals surface area contributed by atoms with Gasteiger partial charge in [-0.1, -0.05) is 6.07 Å². The van der Waals surface area contributed by atoms with E-state index in [4.69, 9.17) is 5.14 Å². The number of amides is 1. The standard InChI is InChI=1S/C20H19N5O4S/c1-12-16(10-13-4-9-17-18(11-13)24(3)20(27)23(17)2)19(26)25(22-12)14-5-7-15(8-6-14)30(21,28)29/h4-11H,1-3H3,(H2,21,28,29)/b16-10-. The lowest BCUT2D eigenvalue weighted by Crippen LogP contribution is -2.21. The molecule has 0 spiro atoms. The summed E-state index contributed by atoms with van der Waals surface area (Å²) in [4.78, 5) is 25.0. The second-order valence-electron chi connectivity index (χ2n) is 7.05. The zero-order valence-electron chi connectivity index (χ0n) is 16.5. The molecule has 1 amide bonds. The average Bonchev–Trinajstić information content (AvgIpc) is 3.10. The number of hydrogen-bond acceptors (Lipinski definition) is 5. The zero-order valence-corrected chi connectivity index (χ0v) is 17.3. The van der Waals surface area contributed by atoms with Crippen molar-refractivity contribution in [1.29, 1.82) is 0 Å². The van der Waals surface area contributed by atoms with Gasteiger partial charge in [-0.3, -0.25) is 13.9 Å². The molecule has 2 N–H and O–H groups in total. The highest BCUT2D eigenvalue weighted by Crippen LogP contribution is 2.26. The lowest BCUT2D eigenvalue weighted by atomic mass is 10.1. The second kappa shape index (κ2) is 6.78. The normalized spacial score (nSPS) is 16.0. The van der Waals surface area contributed by atoms with Gasteiger partial charge in [-0.2, -0.15) is 10.1 Å². The Labute approximate surface area is 172 Å². The highest BCUT2D eigenvalue weighted by molar-refractivity contribution is 7.89. The van der Waals surface area contributed by atoms with Gasteiger partial charge in [0.05, 0.1) is 32.9 Å². The van der Waals surface area contributed by atoms with E-state index in [0.29, 0.717) is 17.0 Å². The summed E-state index contributed by atoms with van der Waals surface area (Å²) in [5.41, 5.74) is 3.54. The minimum atomic E-state index is -3.82. The number of aryl methyl sites for hydroxylation is 2. The van der Waals surface area contributed by atoms with Gasteiger partial charge in [0.2, 0.25) is 10.0 Å². The van der Waals surface area contributed by atoms with Crippen molar-refractivity contribution < 1.29 is 13.2 Å². The van der Waals surface area contributed by atoms with Crippen LogP contribution in [-0.4, -0.2) is 29.2 Å². The molecule has 0 saturated carbocycles. The Hall–Kier alpha value is -3.50. The molecule has 0 saturated heterocycles. The summed E-state index contributed by atoms with van der Waals surface area (Å²) >= 11 is 0.